The molecule has 0 amide bonds. The van der Waals surface area contributed by atoms with Crippen LogP contribution < -0.4 is 0 Å². The lowest BCUT2D eigenvalue weighted by atomic mass is 9.98. The Balaban J connectivity index is 2.08. The average Bonchev–Trinajstić information content (AvgIpc) is 2.64. The predicted molar refractivity (Wildman–Crippen MR) is 87.8 cm³/mol. The van der Waals surface area contributed by atoms with Crippen LogP contribution in [-0.2, 0) is 14.3 Å². The Hall–Kier alpha value is -3.21. The fraction of sp³-hybridized carbons (Fsp3) is 0.105. The minimum Gasteiger partial charge on any atom is -0.459 e. The molecule has 0 saturated heterocycles. The molecular weight excluding hydrogens is 308 g/mol. The van der Waals surface area contributed by atoms with E-state index in [1.54, 1.807) is 42.5 Å². The summed E-state index contributed by atoms with van der Waals surface area (Å²) in [4.78, 5) is 35.6. The van der Waals surface area contributed by atoms with Gasteiger partial charge in [0.1, 0.15) is 13.2 Å². The Morgan fingerprint density at radius 2 is 1.42 bits per heavy atom. The number of benzene rings is 2. The van der Waals surface area contributed by atoms with Crippen molar-refractivity contribution >= 4 is 17.7 Å². The van der Waals surface area contributed by atoms with Crippen molar-refractivity contribution in [2.75, 3.05) is 13.2 Å². The number of carbonyl (C=O) groups excluding carboxylic acids is 3. The van der Waals surface area contributed by atoms with E-state index >= 15 is 0 Å². The molecule has 0 unspecified atom stereocenters. The minimum absolute atomic E-state index is 0.0780. The summed E-state index contributed by atoms with van der Waals surface area (Å²) < 4.78 is 9.77. The molecule has 2 rings (SSSR count). The standard InChI is InChI=1S/C19H16O5/c1-2-17(20)23-12-13-24-19(22)16-11-7-6-10-15(16)18(21)14-8-4-3-5-9-14/h2-11H,1,12-13H2. The molecule has 0 bridgehead atoms. The topological polar surface area (TPSA) is 69.7 Å². The Labute approximate surface area is 139 Å². The zero-order chi connectivity index (χ0) is 17.4. The van der Waals surface area contributed by atoms with Crippen molar-refractivity contribution in [3.05, 3.63) is 83.9 Å². The molecule has 0 fully saturated rings. The van der Waals surface area contributed by atoms with Crippen molar-refractivity contribution in [3.8, 4) is 0 Å². The van der Waals surface area contributed by atoms with Gasteiger partial charge in [-0.05, 0) is 6.07 Å². The number of hydrogen-bond acceptors (Lipinski definition) is 5. The molecule has 0 radical (unpaired) electrons. The molecule has 0 spiro atoms. The highest BCUT2D eigenvalue weighted by Gasteiger charge is 2.18. The molecule has 2 aromatic carbocycles. The smallest absolute Gasteiger partial charge is 0.339 e. The van der Waals surface area contributed by atoms with E-state index in [0.717, 1.165) is 6.08 Å². The average molecular weight is 324 g/mol. The van der Waals surface area contributed by atoms with E-state index in [2.05, 4.69) is 6.58 Å². The summed E-state index contributed by atoms with van der Waals surface area (Å²) in [6, 6.07) is 15.1. The highest BCUT2D eigenvalue weighted by Crippen LogP contribution is 2.15. The number of ether oxygens (including phenoxy) is 2. The van der Waals surface area contributed by atoms with E-state index in [9.17, 15) is 14.4 Å². The molecule has 0 heterocycles. The van der Waals surface area contributed by atoms with E-state index in [1.807, 2.05) is 6.07 Å². The zero-order valence-corrected chi connectivity index (χ0v) is 12.9. The lowest BCUT2D eigenvalue weighted by molar-refractivity contribution is -0.138. The second kappa shape index (κ2) is 8.43. The molecule has 0 aliphatic heterocycles. The van der Waals surface area contributed by atoms with E-state index in [4.69, 9.17) is 9.47 Å². The lowest BCUT2D eigenvalue weighted by Crippen LogP contribution is -2.16. The molecular formula is C19H16O5. The predicted octanol–water partition coefficient (Wildman–Crippen LogP) is 2.80. The van der Waals surface area contributed by atoms with E-state index in [1.165, 1.54) is 6.07 Å². The molecule has 0 aliphatic rings. The summed E-state index contributed by atoms with van der Waals surface area (Å²) in [6.07, 6.45) is 1.02. The molecule has 5 nitrogen and oxygen atoms in total. The maximum Gasteiger partial charge on any atom is 0.339 e. The largest absolute Gasteiger partial charge is 0.459 e. The molecule has 0 aromatic heterocycles. The first-order chi connectivity index (χ1) is 11.6. The van der Waals surface area contributed by atoms with E-state index < -0.39 is 11.9 Å². The lowest BCUT2D eigenvalue weighted by Gasteiger charge is -2.09. The molecule has 0 saturated carbocycles. The third-order valence-electron chi connectivity index (χ3n) is 3.16. The Kier molecular flexibility index (Phi) is 6.02. The number of rotatable bonds is 7. The van der Waals surface area contributed by atoms with Crippen LogP contribution in [0.2, 0.25) is 0 Å². The number of carbonyl (C=O) groups is 3. The maximum absolute atomic E-state index is 12.5. The molecule has 0 atom stereocenters. The summed E-state index contributed by atoms with van der Waals surface area (Å²) in [5.41, 5.74) is 0.913. The molecule has 2 aromatic rings. The van der Waals surface area contributed by atoms with Gasteiger partial charge in [0.05, 0.1) is 5.56 Å². The molecule has 0 N–H and O–H groups in total. The molecule has 122 valence electrons. The van der Waals surface area contributed by atoms with Gasteiger partial charge in [-0.2, -0.15) is 0 Å². The van der Waals surface area contributed by atoms with Gasteiger partial charge in [0, 0.05) is 17.2 Å². The monoisotopic (exact) mass is 324 g/mol. The summed E-state index contributed by atoms with van der Waals surface area (Å²) in [6.45, 7) is 3.08. The van der Waals surface area contributed by atoms with Gasteiger partial charge in [-0.3, -0.25) is 4.79 Å². The molecule has 5 heteroatoms. The van der Waals surface area contributed by atoms with Gasteiger partial charge in [0.2, 0.25) is 0 Å². The maximum atomic E-state index is 12.5. The second-order valence-corrected chi connectivity index (χ2v) is 4.75. The molecule has 0 aliphatic carbocycles. The first-order valence-electron chi connectivity index (χ1n) is 7.28. The van der Waals surface area contributed by atoms with E-state index in [0.29, 0.717) is 5.56 Å². The first-order valence-corrected chi connectivity index (χ1v) is 7.28. The first kappa shape index (κ1) is 17.1. The minimum atomic E-state index is -0.649. The third-order valence-corrected chi connectivity index (χ3v) is 3.16. The van der Waals surface area contributed by atoms with Gasteiger partial charge < -0.3 is 9.47 Å². The summed E-state index contributed by atoms with van der Waals surface area (Å²) in [5.74, 6) is -1.50. The van der Waals surface area contributed by atoms with Crippen LogP contribution in [-0.4, -0.2) is 30.9 Å². The second-order valence-electron chi connectivity index (χ2n) is 4.75. The van der Waals surface area contributed by atoms with Gasteiger partial charge in [0.15, 0.2) is 5.78 Å². The Morgan fingerprint density at radius 1 is 0.833 bits per heavy atom. The van der Waals surface area contributed by atoms with Crippen LogP contribution in [0.4, 0.5) is 0 Å². The summed E-state index contributed by atoms with van der Waals surface area (Å²) >= 11 is 0. The summed E-state index contributed by atoms with van der Waals surface area (Å²) in [5, 5.41) is 0. The fourth-order valence-electron chi connectivity index (χ4n) is 2.02. The number of esters is 2. The van der Waals surface area contributed by atoms with Crippen LogP contribution in [0.25, 0.3) is 0 Å². The third kappa shape index (κ3) is 4.39. The van der Waals surface area contributed by atoms with Crippen molar-refractivity contribution in [2.24, 2.45) is 0 Å². The number of hydrogen-bond donors (Lipinski definition) is 0. The van der Waals surface area contributed by atoms with Crippen molar-refractivity contribution in [2.45, 2.75) is 0 Å². The van der Waals surface area contributed by atoms with Crippen LogP contribution in [0, 0.1) is 0 Å². The van der Waals surface area contributed by atoms with Gasteiger partial charge in [-0.1, -0.05) is 55.1 Å². The van der Waals surface area contributed by atoms with Gasteiger partial charge in [-0.25, -0.2) is 9.59 Å². The number of ketones is 1. The Bertz CT molecular complexity index is 749. The Morgan fingerprint density at radius 3 is 2.08 bits per heavy atom. The van der Waals surface area contributed by atoms with Crippen LogP contribution in [0.5, 0.6) is 0 Å². The van der Waals surface area contributed by atoms with Crippen molar-refractivity contribution in [3.63, 3.8) is 0 Å². The highest BCUT2D eigenvalue weighted by molar-refractivity contribution is 6.14. The van der Waals surface area contributed by atoms with Gasteiger partial charge >= 0.3 is 11.9 Å². The van der Waals surface area contributed by atoms with Crippen LogP contribution in [0.15, 0.2) is 67.3 Å². The van der Waals surface area contributed by atoms with E-state index in [-0.39, 0.29) is 30.1 Å². The SMILES string of the molecule is C=CC(=O)OCCOC(=O)c1ccccc1C(=O)c1ccccc1. The fourth-order valence-corrected chi connectivity index (χ4v) is 2.02. The van der Waals surface area contributed by atoms with Gasteiger partial charge in [-0.15, -0.1) is 0 Å². The van der Waals surface area contributed by atoms with Crippen molar-refractivity contribution in [1.29, 1.82) is 0 Å². The van der Waals surface area contributed by atoms with Crippen molar-refractivity contribution in [1.82, 2.24) is 0 Å². The quantitative estimate of drug-likeness (QED) is 0.339. The summed E-state index contributed by atoms with van der Waals surface area (Å²) in [7, 11) is 0. The van der Waals surface area contributed by atoms with Crippen LogP contribution >= 0.6 is 0 Å². The van der Waals surface area contributed by atoms with Crippen LogP contribution in [0.3, 0.4) is 0 Å². The molecule has 24 heavy (non-hydrogen) atoms. The van der Waals surface area contributed by atoms with Gasteiger partial charge in [0.25, 0.3) is 0 Å². The van der Waals surface area contributed by atoms with Crippen LogP contribution in [0.1, 0.15) is 26.3 Å². The highest BCUT2D eigenvalue weighted by atomic mass is 16.6. The zero-order valence-electron chi connectivity index (χ0n) is 12.9. The van der Waals surface area contributed by atoms with Crippen molar-refractivity contribution < 1.29 is 23.9 Å². The normalized spacial score (nSPS) is 9.83.